The number of Topliss-reactive ketones (excluding diaryl/α,β-unsaturated/α-hetero) is 1. The quantitative estimate of drug-likeness (QED) is 0.138. The Bertz CT molecular complexity index is 3000. The van der Waals surface area contributed by atoms with E-state index < -0.39 is 22.0 Å². The molecule has 8 aliphatic rings. The van der Waals surface area contributed by atoms with Crippen molar-refractivity contribution in [3.63, 3.8) is 0 Å². The van der Waals surface area contributed by atoms with E-state index in [9.17, 15) is 24.0 Å². The number of nitrogens with zero attached hydrogens (tertiary/aromatic N) is 1. The van der Waals surface area contributed by atoms with Gasteiger partial charge in [0, 0.05) is 38.2 Å². The number of halogens is 3. The van der Waals surface area contributed by atoms with Crippen LogP contribution in [-0.2, 0) is 57.4 Å². The van der Waals surface area contributed by atoms with E-state index in [4.69, 9.17) is 30.6 Å². The minimum Gasteiger partial charge on any atom is -0.468 e. The van der Waals surface area contributed by atoms with Crippen molar-refractivity contribution in [1.82, 2.24) is 0 Å². The largest absolute Gasteiger partial charge is 0.468 e. The molecule has 0 radical (unpaired) electrons. The number of aryl methyl sites for hydroxylation is 3. The van der Waals surface area contributed by atoms with Crippen LogP contribution in [0.3, 0.4) is 0 Å². The fourth-order valence-electron chi connectivity index (χ4n) is 12.3. The molecule has 0 N–H and O–H groups in total. The lowest BCUT2D eigenvalue weighted by molar-refractivity contribution is -0.164. The molecule has 1 aliphatic heterocycles. The summed E-state index contributed by atoms with van der Waals surface area (Å²) in [7, 11) is 2.90. The number of carbonyl (C=O) groups is 5. The number of nitriles is 1. The number of fused-ring (bicyclic) bond motifs is 8. The van der Waals surface area contributed by atoms with Gasteiger partial charge in [0.05, 0.1) is 48.2 Å². The molecular formula is C60H60Br3NO9. The van der Waals surface area contributed by atoms with Crippen molar-refractivity contribution in [2.45, 2.75) is 123 Å². The molecule has 73 heavy (non-hydrogen) atoms. The first kappa shape index (κ1) is 54.2. The lowest BCUT2D eigenvalue weighted by atomic mass is 9.63. The first-order valence-electron chi connectivity index (χ1n) is 25.1. The third-order valence-corrected chi connectivity index (χ3v) is 18.4. The molecule has 1 spiro atoms. The summed E-state index contributed by atoms with van der Waals surface area (Å²) in [4.78, 5) is 60.1. The molecule has 380 valence electrons. The molecule has 10 nitrogen and oxygen atoms in total. The van der Waals surface area contributed by atoms with Gasteiger partial charge in [0.2, 0.25) is 0 Å². The van der Waals surface area contributed by atoms with Gasteiger partial charge in [-0.25, -0.2) is 0 Å². The molecule has 1 saturated heterocycles. The molecule has 1 saturated carbocycles. The van der Waals surface area contributed by atoms with Crippen molar-refractivity contribution in [2.24, 2.45) is 28.1 Å². The SMILES string of the molecule is C#CC12C=C(C#N)C(=O)C=C1c1c(Br)cccc1CC2.COC(=O)C12CCC(=O)C=C1c1c(Br)cccc1CC2.COC(=O)C12CCC3(C=C1C(C)C(C)C2)OC(C)C(C)O3.O=C1CCCc2cccc(Br)c21. The maximum absolute atomic E-state index is 12.4. The summed E-state index contributed by atoms with van der Waals surface area (Å²) < 4.78 is 25.2. The molecule has 1 heterocycles. The first-order valence-corrected chi connectivity index (χ1v) is 27.4. The minimum absolute atomic E-state index is 0.0848. The minimum atomic E-state index is -0.653. The summed E-state index contributed by atoms with van der Waals surface area (Å²) in [5.41, 5.74) is 7.66. The van der Waals surface area contributed by atoms with Crippen molar-refractivity contribution in [2.75, 3.05) is 14.2 Å². The predicted molar refractivity (Wildman–Crippen MR) is 289 cm³/mol. The molecule has 3 aromatic carbocycles. The van der Waals surface area contributed by atoms with Crippen LogP contribution in [0.2, 0.25) is 0 Å². The fourth-order valence-corrected chi connectivity index (χ4v) is 14.1. The Labute approximate surface area is 453 Å². The number of hydrogen-bond acceptors (Lipinski definition) is 10. The molecule has 7 aliphatic carbocycles. The lowest BCUT2D eigenvalue weighted by Crippen LogP contribution is -2.42. The van der Waals surface area contributed by atoms with Gasteiger partial charge >= 0.3 is 11.9 Å². The summed E-state index contributed by atoms with van der Waals surface area (Å²) in [6.07, 6.45) is 22.0. The van der Waals surface area contributed by atoms with Crippen molar-refractivity contribution >= 4 is 88.2 Å². The zero-order valence-corrected chi connectivity index (χ0v) is 46.9. The van der Waals surface area contributed by atoms with E-state index in [2.05, 4.69) is 85.8 Å². The fraction of sp³-hybridized carbons (Fsp3) is 0.433. The van der Waals surface area contributed by atoms with Crippen molar-refractivity contribution in [1.29, 1.82) is 5.26 Å². The third kappa shape index (κ3) is 10.0. The molecule has 3 aromatic rings. The predicted octanol–water partition coefficient (Wildman–Crippen LogP) is 12.8. The Morgan fingerprint density at radius 2 is 1.22 bits per heavy atom. The molecule has 2 fully saturated rings. The molecule has 7 unspecified atom stereocenters. The lowest BCUT2D eigenvalue weighted by Gasteiger charge is -2.40. The van der Waals surface area contributed by atoms with Crippen LogP contribution >= 0.6 is 47.8 Å². The standard InChI is InChI=1S/C17H10BrNO.C17H26O4.C16H15BrO3.C10H9BrO/c1-2-17-7-6-11-4-3-5-14(18)16(11)13(17)8-15(20)12(9-17)10-19;1-10-8-16(15(18)19-5)6-7-17(9-14(16)11(10)2)20-12(3)13(4)21-17;1-20-15(19)16-7-5-10-3-2-4-13(17)14(10)12(16)9-11(18)6-8-16;11-8-5-1-3-7-4-2-6-9(12)10(7)8/h1,3-5,8-9H,6-7H2;9-13H,6-8H2,1-5H3;2-4,9H,5-8H2,1H3;1,3,5H,2,4,6H2. The number of ether oxygens (including phenoxy) is 4. The van der Waals surface area contributed by atoms with Crippen LogP contribution < -0.4 is 0 Å². The van der Waals surface area contributed by atoms with Gasteiger partial charge in [0.1, 0.15) is 6.07 Å². The monoisotopic (exact) mass is 1180 g/mol. The van der Waals surface area contributed by atoms with Gasteiger partial charge in [-0.15, -0.1) is 6.42 Å². The maximum atomic E-state index is 12.4. The number of allylic oxidation sites excluding steroid dienone is 5. The highest BCUT2D eigenvalue weighted by Gasteiger charge is 2.58. The van der Waals surface area contributed by atoms with Gasteiger partial charge in [-0.05, 0) is 171 Å². The van der Waals surface area contributed by atoms with E-state index in [1.54, 1.807) is 12.2 Å². The Morgan fingerprint density at radius 1 is 0.671 bits per heavy atom. The molecule has 7 atom stereocenters. The number of rotatable bonds is 2. The summed E-state index contributed by atoms with van der Waals surface area (Å²) in [5, 5.41) is 9.07. The number of esters is 2. The second-order valence-corrected chi connectivity index (χ2v) is 23.1. The average Bonchev–Trinajstić information content (AvgIpc) is 3.81. The average molecular weight is 1180 g/mol. The number of hydrogen-bond donors (Lipinski definition) is 0. The van der Waals surface area contributed by atoms with Crippen molar-refractivity contribution in [3.05, 3.63) is 137 Å². The van der Waals surface area contributed by atoms with Gasteiger partial charge < -0.3 is 18.9 Å². The Morgan fingerprint density at radius 3 is 1.79 bits per heavy atom. The molecule has 0 amide bonds. The molecule has 0 aromatic heterocycles. The molecule has 11 rings (SSSR count). The smallest absolute Gasteiger partial charge is 0.316 e. The Kier molecular flexibility index (Phi) is 16.1. The van der Waals surface area contributed by atoms with E-state index in [-0.39, 0.29) is 47.1 Å². The van der Waals surface area contributed by atoms with Gasteiger partial charge in [-0.3, -0.25) is 24.0 Å². The van der Waals surface area contributed by atoms with E-state index in [0.717, 1.165) is 98.2 Å². The summed E-state index contributed by atoms with van der Waals surface area (Å²) in [6, 6.07) is 19.9. The van der Waals surface area contributed by atoms with Gasteiger partial charge in [0.15, 0.2) is 23.1 Å². The second-order valence-electron chi connectivity index (χ2n) is 20.5. The van der Waals surface area contributed by atoms with Crippen LogP contribution in [0.25, 0.3) is 11.1 Å². The normalized spacial score (nSPS) is 29.9. The van der Waals surface area contributed by atoms with Crippen molar-refractivity contribution in [3.8, 4) is 18.4 Å². The zero-order chi connectivity index (χ0) is 52.6. The number of ketones is 3. The highest BCUT2D eigenvalue weighted by Crippen LogP contribution is 2.59. The summed E-state index contributed by atoms with van der Waals surface area (Å²) in [6.45, 7) is 8.49. The highest BCUT2D eigenvalue weighted by molar-refractivity contribution is 9.11. The number of carbonyl (C=O) groups excluding carboxylic acids is 5. The maximum Gasteiger partial charge on any atom is 0.316 e. The van der Waals surface area contributed by atoms with Crippen LogP contribution in [0.15, 0.2) is 103 Å². The van der Waals surface area contributed by atoms with E-state index in [1.165, 1.54) is 37.0 Å². The van der Waals surface area contributed by atoms with E-state index >= 15 is 0 Å². The summed E-state index contributed by atoms with van der Waals surface area (Å²) in [5.74, 6) is 2.78. The second kappa shape index (κ2) is 21.7. The molecule has 0 bridgehead atoms. The number of benzene rings is 3. The molecule has 13 heteroatoms. The van der Waals surface area contributed by atoms with Crippen LogP contribution in [0.5, 0.6) is 0 Å². The zero-order valence-electron chi connectivity index (χ0n) is 42.1. The van der Waals surface area contributed by atoms with Crippen LogP contribution in [-0.4, -0.2) is 61.5 Å². The Balaban J connectivity index is 0.000000132. The van der Waals surface area contributed by atoms with Gasteiger partial charge in [-0.2, -0.15) is 5.26 Å². The Hall–Kier alpha value is -5.02. The van der Waals surface area contributed by atoms with Crippen LogP contribution in [0, 0.1) is 51.8 Å². The van der Waals surface area contributed by atoms with Crippen LogP contribution in [0.1, 0.15) is 124 Å². The van der Waals surface area contributed by atoms with Crippen LogP contribution in [0.4, 0.5) is 0 Å². The molecular weight excluding hydrogens is 1120 g/mol. The van der Waals surface area contributed by atoms with Gasteiger partial charge in [0.25, 0.3) is 0 Å². The van der Waals surface area contributed by atoms with E-state index in [0.29, 0.717) is 37.5 Å². The first-order chi connectivity index (χ1) is 34.8. The number of terminal acetylenes is 1. The highest BCUT2D eigenvalue weighted by atomic mass is 79.9. The topological polar surface area (TPSA) is 146 Å². The number of methoxy groups -OCH3 is 2. The van der Waals surface area contributed by atoms with Crippen molar-refractivity contribution < 1.29 is 42.9 Å². The van der Waals surface area contributed by atoms with E-state index in [1.807, 2.05) is 62.4 Å². The summed E-state index contributed by atoms with van der Waals surface area (Å²) >= 11 is 10.5. The van der Waals surface area contributed by atoms with Gasteiger partial charge in [-0.1, -0.05) is 104 Å². The third-order valence-electron chi connectivity index (χ3n) is 16.4.